The number of nitro benzene ring substituents is 1. The Hall–Kier alpha value is -2.21. The molecule has 100 valence electrons. The van der Waals surface area contributed by atoms with Crippen LogP contribution in [-0.2, 0) is 6.61 Å². The second-order valence-corrected chi connectivity index (χ2v) is 4.44. The van der Waals surface area contributed by atoms with Gasteiger partial charge in [-0.3, -0.25) is 10.1 Å². The van der Waals surface area contributed by atoms with E-state index in [9.17, 15) is 15.2 Å². The Kier molecular flexibility index (Phi) is 3.35. The number of rotatable bonds is 3. The molecule has 0 aliphatic heterocycles. The molecule has 1 heterocycles. The predicted molar refractivity (Wildman–Crippen MR) is 70.4 cm³/mol. The van der Waals surface area contributed by atoms with Gasteiger partial charge in [-0.1, -0.05) is 0 Å². The molecule has 0 saturated carbocycles. The molecule has 0 fully saturated rings. The number of benzene rings is 1. The third-order valence-corrected chi connectivity index (χ3v) is 3.33. The van der Waals surface area contributed by atoms with E-state index >= 15 is 0 Å². The topological polar surface area (TPSA) is 81.2 Å². The Morgan fingerprint density at radius 3 is 2.53 bits per heavy atom. The van der Waals surface area contributed by atoms with Gasteiger partial charge in [-0.15, -0.1) is 0 Å². The summed E-state index contributed by atoms with van der Waals surface area (Å²) in [5.41, 5.74) is 4.05. The third kappa shape index (κ3) is 2.22. The summed E-state index contributed by atoms with van der Waals surface area (Å²) >= 11 is 0. The van der Waals surface area contributed by atoms with Gasteiger partial charge in [0, 0.05) is 23.4 Å². The van der Waals surface area contributed by atoms with Crippen molar-refractivity contribution >= 4 is 5.69 Å². The maximum Gasteiger partial charge on any atom is 0.269 e. The van der Waals surface area contributed by atoms with Crippen LogP contribution in [0.25, 0.3) is 5.69 Å². The molecule has 6 nitrogen and oxygen atoms in total. The van der Waals surface area contributed by atoms with Gasteiger partial charge in [0.25, 0.3) is 5.69 Å². The maximum absolute atomic E-state index is 10.7. The average molecular weight is 261 g/mol. The van der Waals surface area contributed by atoms with E-state index in [0.29, 0.717) is 11.3 Å². The molecule has 1 aromatic heterocycles. The van der Waals surface area contributed by atoms with Crippen LogP contribution >= 0.6 is 0 Å². The quantitative estimate of drug-likeness (QED) is 0.678. The van der Waals surface area contributed by atoms with Crippen molar-refractivity contribution in [3.05, 3.63) is 50.8 Å². The number of nitro groups is 1. The first-order valence-electron chi connectivity index (χ1n) is 5.87. The Morgan fingerprint density at radius 2 is 2.05 bits per heavy atom. The molecule has 0 aliphatic rings. The van der Waals surface area contributed by atoms with E-state index in [2.05, 4.69) is 5.10 Å². The molecule has 0 saturated heterocycles. The number of aliphatic hydroxyl groups excluding tert-OH is 1. The van der Waals surface area contributed by atoms with Crippen molar-refractivity contribution in [1.82, 2.24) is 9.78 Å². The van der Waals surface area contributed by atoms with Crippen molar-refractivity contribution < 1.29 is 10.0 Å². The summed E-state index contributed by atoms with van der Waals surface area (Å²) in [6.45, 7) is 5.54. The molecular weight excluding hydrogens is 246 g/mol. The summed E-state index contributed by atoms with van der Waals surface area (Å²) in [5.74, 6) is 0. The van der Waals surface area contributed by atoms with Gasteiger partial charge in [-0.2, -0.15) is 5.10 Å². The molecule has 6 heteroatoms. The molecule has 0 radical (unpaired) electrons. The Morgan fingerprint density at radius 1 is 1.37 bits per heavy atom. The summed E-state index contributed by atoms with van der Waals surface area (Å²) in [7, 11) is 0. The summed E-state index contributed by atoms with van der Waals surface area (Å²) in [4.78, 5) is 10.3. The molecule has 1 aromatic carbocycles. The maximum atomic E-state index is 10.7. The smallest absolute Gasteiger partial charge is 0.269 e. The van der Waals surface area contributed by atoms with Gasteiger partial charge in [0.05, 0.1) is 22.9 Å². The molecule has 0 bridgehead atoms. The average Bonchev–Trinajstić information content (AvgIpc) is 2.65. The van der Waals surface area contributed by atoms with Gasteiger partial charge in [0.1, 0.15) is 0 Å². The van der Waals surface area contributed by atoms with Crippen LogP contribution in [0, 0.1) is 30.9 Å². The summed E-state index contributed by atoms with van der Waals surface area (Å²) in [6.07, 6.45) is 0. The lowest BCUT2D eigenvalue weighted by atomic mass is 10.1. The highest BCUT2D eigenvalue weighted by atomic mass is 16.6. The van der Waals surface area contributed by atoms with Crippen LogP contribution in [0.3, 0.4) is 0 Å². The second kappa shape index (κ2) is 4.81. The van der Waals surface area contributed by atoms with Crippen molar-refractivity contribution in [2.24, 2.45) is 0 Å². The molecular formula is C13H15N3O3. The Balaban J connectivity index is 2.62. The molecule has 0 spiro atoms. The van der Waals surface area contributed by atoms with Gasteiger partial charge in [-0.25, -0.2) is 4.68 Å². The predicted octanol–water partition coefficient (Wildman–Crippen LogP) is 2.20. The molecule has 0 aliphatic carbocycles. The van der Waals surface area contributed by atoms with Crippen LogP contribution < -0.4 is 0 Å². The highest BCUT2D eigenvalue weighted by Gasteiger charge is 2.15. The fourth-order valence-corrected chi connectivity index (χ4v) is 1.97. The third-order valence-electron chi connectivity index (χ3n) is 3.33. The zero-order valence-corrected chi connectivity index (χ0v) is 11.0. The summed E-state index contributed by atoms with van der Waals surface area (Å²) in [6, 6.07) is 4.41. The molecule has 19 heavy (non-hydrogen) atoms. The molecule has 0 atom stereocenters. The first-order chi connectivity index (χ1) is 8.95. The molecule has 0 amide bonds. The number of hydrogen-bond acceptors (Lipinski definition) is 4. The fourth-order valence-electron chi connectivity index (χ4n) is 1.97. The van der Waals surface area contributed by atoms with E-state index in [4.69, 9.17) is 0 Å². The van der Waals surface area contributed by atoms with E-state index in [-0.39, 0.29) is 12.3 Å². The first kappa shape index (κ1) is 13.2. The van der Waals surface area contributed by atoms with Crippen LogP contribution in [0.5, 0.6) is 0 Å². The number of aromatic nitrogens is 2. The zero-order chi connectivity index (χ0) is 14.2. The number of hydrogen-bond donors (Lipinski definition) is 1. The van der Waals surface area contributed by atoms with Crippen molar-refractivity contribution in [3.8, 4) is 5.69 Å². The molecule has 0 unspecified atom stereocenters. The normalized spacial score (nSPS) is 10.7. The van der Waals surface area contributed by atoms with Crippen molar-refractivity contribution in [2.75, 3.05) is 0 Å². The van der Waals surface area contributed by atoms with Crippen molar-refractivity contribution in [1.29, 1.82) is 0 Å². The summed E-state index contributed by atoms with van der Waals surface area (Å²) < 4.78 is 1.71. The lowest BCUT2D eigenvalue weighted by molar-refractivity contribution is -0.384. The zero-order valence-electron chi connectivity index (χ0n) is 11.0. The minimum atomic E-state index is -0.477. The highest BCUT2D eigenvalue weighted by Crippen LogP contribution is 2.24. The number of non-ortho nitro benzene ring substituents is 1. The van der Waals surface area contributed by atoms with E-state index < -0.39 is 4.92 Å². The van der Waals surface area contributed by atoms with Crippen LogP contribution in [0.1, 0.15) is 22.5 Å². The van der Waals surface area contributed by atoms with Crippen LogP contribution in [-0.4, -0.2) is 19.8 Å². The lowest BCUT2D eigenvalue weighted by Crippen LogP contribution is -2.04. The van der Waals surface area contributed by atoms with E-state index in [1.165, 1.54) is 12.1 Å². The second-order valence-electron chi connectivity index (χ2n) is 4.44. The Bertz CT molecular complexity index is 647. The van der Waals surface area contributed by atoms with Gasteiger partial charge < -0.3 is 5.11 Å². The number of nitrogens with zero attached hydrogens (tertiary/aromatic N) is 3. The summed E-state index contributed by atoms with van der Waals surface area (Å²) in [5, 5.41) is 24.5. The first-order valence-corrected chi connectivity index (χ1v) is 5.87. The molecule has 1 N–H and O–H groups in total. The minimum Gasteiger partial charge on any atom is -0.392 e. The van der Waals surface area contributed by atoms with Crippen molar-refractivity contribution in [3.63, 3.8) is 0 Å². The van der Waals surface area contributed by atoms with Crippen LogP contribution in [0.2, 0.25) is 0 Å². The van der Waals surface area contributed by atoms with Gasteiger partial charge >= 0.3 is 0 Å². The largest absolute Gasteiger partial charge is 0.392 e. The van der Waals surface area contributed by atoms with Crippen LogP contribution in [0.4, 0.5) is 5.69 Å². The van der Waals surface area contributed by atoms with Gasteiger partial charge in [-0.05, 0) is 32.4 Å². The van der Waals surface area contributed by atoms with Gasteiger partial charge in [0.15, 0.2) is 0 Å². The monoisotopic (exact) mass is 261 g/mol. The SMILES string of the molecule is Cc1nn(-c2ccc([N+](=O)[O-])cc2CO)c(C)c1C. The molecule has 2 aromatic rings. The lowest BCUT2D eigenvalue weighted by Gasteiger charge is -2.09. The minimum absolute atomic E-state index is 0.0361. The number of aryl methyl sites for hydroxylation is 1. The fraction of sp³-hybridized carbons (Fsp3) is 0.308. The van der Waals surface area contributed by atoms with E-state index in [0.717, 1.165) is 17.0 Å². The number of aliphatic hydroxyl groups is 1. The standard InChI is InChI=1S/C13H15N3O3/c1-8-9(2)14-15(10(8)3)13-5-4-12(16(18)19)6-11(13)7-17/h4-6,17H,7H2,1-3H3. The van der Waals surface area contributed by atoms with E-state index in [1.807, 2.05) is 20.8 Å². The highest BCUT2D eigenvalue weighted by molar-refractivity contribution is 5.49. The Labute approximate surface area is 110 Å². The van der Waals surface area contributed by atoms with E-state index in [1.54, 1.807) is 10.7 Å². The molecule has 2 rings (SSSR count). The van der Waals surface area contributed by atoms with Crippen LogP contribution in [0.15, 0.2) is 18.2 Å². The van der Waals surface area contributed by atoms with Crippen molar-refractivity contribution in [2.45, 2.75) is 27.4 Å². The van der Waals surface area contributed by atoms with Gasteiger partial charge in [0.2, 0.25) is 0 Å².